The van der Waals surface area contributed by atoms with E-state index in [1.54, 1.807) is 25.6 Å². The molecular weight excluding hydrogens is 428 g/mol. The molecule has 0 amide bonds. The Kier molecular flexibility index (Phi) is 8.08. The number of methoxy groups -OCH3 is 2. The van der Waals surface area contributed by atoms with Crippen LogP contribution >= 0.6 is 0 Å². The summed E-state index contributed by atoms with van der Waals surface area (Å²) in [6.07, 6.45) is 2.84. The number of anilines is 1. The smallest absolute Gasteiger partial charge is 0.262 e. The van der Waals surface area contributed by atoms with Gasteiger partial charge < -0.3 is 19.2 Å². The fraction of sp³-hybridized carbons (Fsp3) is 0.381. The third kappa shape index (κ3) is 5.27. The van der Waals surface area contributed by atoms with Gasteiger partial charge in [0.05, 0.1) is 18.4 Å². The van der Waals surface area contributed by atoms with Crippen molar-refractivity contribution in [1.82, 2.24) is 9.97 Å². The molecule has 0 radical (unpaired) electrons. The molecule has 2 aromatic heterocycles. The molecule has 0 aliphatic rings. The Bertz CT molecular complexity index is 1020. The second-order valence-electron chi connectivity index (χ2n) is 6.76. The van der Waals surface area contributed by atoms with Gasteiger partial charge in [-0.25, -0.2) is 13.8 Å². The molecular formula is C21H26F2N3O4S+. The van der Waals surface area contributed by atoms with E-state index in [0.29, 0.717) is 41.3 Å². The summed E-state index contributed by atoms with van der Waals surface area (Å²) in [5.74, 6) is -0.609. The molecule has 7 nitrogen and oxygen atoms in total. The molecule has 31 heavy (non-hydrogen) atoms. The zero-order chi connectivity index (χ0) is 22.4. The Morgan fingerprint density at radius 1 is 1.26 bits per heavy atom. The van der Waals surface area contributed by atoms with Crippen LogP contribution in [0.2, 0.25) is 0 Å². The normalized spacial score (nSPS) is 13.4. The van der Waals surface area contributed by atoms with Gasteiger partial charge in [0.15, 0.2) is 11.6 Å². The first kappa shape index (κ1) is 23.3. The van der Waals surface area contributed by atoms with Crippen LogP contribution in [-0.4, -0.2) is 47.7 Å². The van der Waals surface area contributed by atoms with Crippen LogP contribution in [0.5, 0.6) is 5.75 Å². The number of H-pyrrole nitrogens is 1. The number of pyridine rings is 1. The lowest BCUT2D eigenvalue weighted by atomic mass is 9.99. The molecule has 0 aliphatic heterocycles. The summed E-state index contributed by atoms with van der Waals surface area (Å²) in [6.45, 7) is 2.66. The molecule has 0 aliphatic carbocycles. The summed E-state index contributed by atoms with van der Waals surface area (Å²) < 4.78 is 58.9. The molecule has 0 saturated carbocycles. The Labute approximate surface area is 182 Å². The minimum Gasteiger partial charge on any atom is -0.490 e. The maximum atomic E-state index is 15.3. The van der Waals surface area contributed by atoms with Crippen molar-refractivity contribution < 1.29 is 27.5 Å². The number of hydrogen-bond donors (Lipinski definition) is 3. The number of fused-ring (bicyclic) bond motifs is 1. The minimum atomic E-state index is -1.22. The van der Waals surface area contributed by atoms with Gasteiger partial charge in [-0.15, -0.1) is 0 Å². The molecule has 2 heterocycles. The number of aromatic amines is 1. The highest BCUT2D eigenvalue weighted by molar-refractivity contribution is 7.92. The molecule has 2 atom stereocenters. The van der Waals surface area contributed by atoms with E-state index in [9.17, 15) is 8.94 Å². The van der Waals surface area contributed by atoms with E-state index in [2.05, 4.69) is 14.7 Å². The topological polar surface area (TPSA) is 88.6 Å². The van der Waals surface area contributed by atoms with Crippen molar-refractivity contribution in [3.05, 3.63) is 53.4 Å². The number of nitrogens with zero attached hydrogens (tertiary/aromatic N) is 1. The highest BCUT2D eigenvalue weighted by Crippen LogP contribution is 2.37. The largest absolute Gasteiger partial charge is 0.490 e. The Hall–Kier alpha value is -2.40. The molecule has 0 bridgehead atoms. The summed E-state index contributed by atoms with van der Waals surface area (Å²) in [4.78, 5) is 7.30. The Morgan fingerprint density at radius 3 is 2.77 bits per heavy atom. The predicted octanol–water partition coefficient (Wildman–Crippen LogP) is 4.43. The highest BCUT2D eigenvalue weighted by Gasteiger charge is 2.28. The summed E-state index contributed by atoms with van der Waals surface area (Å²) in [5, 5.41) is 0.617. The minimum absolute atomic E-state index is 0.0132. The molecule has 2 unspecified atom stereocenters. The van der Waals surface area contributed by atoms with Crippen LogP contribution in [0.3, 0.4) is 0 Å². The lowest BCUT2D eigenvalue weighted by Crippen LogP contribution is -2.18. The van der Waals surface area contributed by atoms with E-state index in [1.807, 2.05) is 6.92 Å². The van der Waals surface area contributed by atoms with Crippen LogP contribution in [0.15, 0.2) is 30.6 Å². The number of ether oxygens (including phenoxy) is 3. The lowest BCUT2D eigenvalue weighted by Gasteiger charge is -2.18. The van der Waals surface area contributed by atoms with E-state index in [-0.39, 0.29) is 11.3 Å². The summed E-state index contributed by atoms with van der Waals surface area (Å²) in [6, 6.07) is 4.16. The quantitative estimate of drug-likeness (QED) is 0.293. The van der Waals surface area contributed by atoms with Crippen molar-refractivity contribution >= 4 is 28.1 Å². The lowest BCUT2D eigenvalue weighted by molar-refractivity contribution is 0.130. The van der Waals surface area contributed by atoms with Crippen LogP contribution in [-0.2, 0) is 20.8 Å². The van der Waals surface area contributed by atoms with Crippen molar-refractivity contribution in [2.24, 2.45) is 0 Å². The summed E-state index contributed by atoms with van der Waals surface area (Å²) >= 11 is -1.22. The fourth-order valence-electron chi connectivity index (χ4n) is 3.20. The molecule has 168 valence electrons. The number of benzene rings is 1. The van der Waals surface area contributed by atoms with E-state index in [4.69, 9.17) is 14.2 Å². The number of rotatable bonds is 11. The van der Waals surface area contributed by atoms with Crippen molar-refractivity contribution in [2.45, 2.75) is 19.4 Å². The van der Waals surface area contributed by atoms with Crippen LogP contribution in [0.4, 0.5) is 14.5 Å². The molecule has 3 rings (SSSR count). The van der Waals surface area contributed by atoms with Crippen molar-refractivity contribution in [3.63, 3.8) is 0 Å². The standard InChI is InChI=1S/C21H26F2N3O4S/c1-4-9-31(27)26-17-6-5-16(22)18(19(17)23)20(29-3)15-12-25-21-14(15)10-13(11-24-21)30-8-7-28-2/h5-6,10-12,20,26-27H,4,7-9H2,1-3H3,(H,24,25)/q+1. The first-order chi connectivity index (χ1) is 15.0. The average molecular weight is 455 g/mol. The van der Waals surface area contributed by atoms with Crippen molar-refractivity contribution in [2.75, 3.05) is 37.9 Å². The third-order valence-electron chi connectivity index (χ3n) is 4.63. The number of aromatic nitrogens is 2. The van der Waals surface area contributed by atoms with Gasteiger partial charge in [0.25, 0.3) is 11.4 Å². The zero-order valence-electron chi connectivity index (χ0n) is 17.6. The maximum Gasteiger partial charge on any atom is 0.262 e. The Balaban J connectivity index is 2.00. The number of halogens is 2. The van der Waals surface area contributed by atoms with Gasteiger partial charge >= 0.3 is 0 Å². The predicted molar refractivity (Wildman–Crippen MR) is 117 cm³/mol. The molecule has 0 saturated heterocycles. The molecule has 0 spiro atoms. The SMILES string of the molecule is CCC[S+](O)Nc1ccc(F)c(C(OC)c2c[nH]c3ncc(OCCOC)cc23)c1F. The van der Waals surface area contributed by atoms with Gasteiger partial charge in [-0.3, -0.25) is 0 Å². The van der Waals surface area contributed by atoms with Gasteiger partial charge in [-0.05, 0) is 24.6 Å². The van der Waals surface area contributed by atoms with E-state index in [1.165, 1.54) is 13.2 Å². The number of nitrogens with one attached hydrogen (secondary N) is 2. The van der Waals surface area contributed by atoms with Crippen LogP contribution in [0, 0.1) is 11.6 Å². The van der Waals surface area contributed by atoms with Crippen LogP contribution in [0.1, 0.15) is 30.6 Å². The molecule has 3 N–H and O–H groups in total. The second kappa shape index (κ2) is 10.8. The van der Waals surface area contributed by atoms with Crippen LogP contribution < -0.4 is 9.46 Å². The summed E-state index contributed by atoms with van der Waals surface area (Å²) in [5.41, 5.74) is 0.798. The average Bonchev–Trinajstić information content (AvgIpc) is 3.16. The maximum absolute atomic E-state index is 15.3. The first-order valence-corrected chi connectivity index (χ1v) is 11.1. The Morgan fingerprint density at radius 2 is 2.06 bits per heavy atom. The molecule has 10 heteroatoms. The van der Waals surface area contributed by atoms with E-state index < -0.39 is 29.1 Å². The van der Waals surface area contributed by atoms with Gasteiger partial charge in [-0.2, -0.15) is 9.27 Å². The monoisotopic (exact) mass is 454 g/mol. The van der Waals surface area contributed by atoms with Gasteiger partial charge in [0.1, 0.15) is 35.6 Å². The van der Waals surface area contributed by atoms with Crippen molar-refractivity contribution in [3.8, 4) is 5.75 Å². The van der Waals surface area contributed by atoms with E-state index >= 15 is 4.39 Å². The van der Waals surface area contributed by atoms with Crippen LogP contribution in [0.25, 0.3) is 11.0 Å². The first-order valence-electron chi connectivity index (χ1n) is 9.76. The van der Waals surface area contributed by atoms with Gasteiger partial charge in [-0.1, -0.05) is 6.92 Å². The molecule has 1 aromatic carbocycles. The summed E-state index contributed by atoms with van der Waals surface area (Å²) in [7, 11) is 2.95. The molecule has 3 aromatic rings. The molecule has 0 fully saturated rings. The third-order valence-corrected chi connectivity index (χ3v) is 5.88. The number of hydrogen-bond acceptors (Lipinski definition) is 6. The fourth-order valence-corrected chi connectivity index (χ4v) is 4.10. The zero-order valence-corrected chi connectivity index (χ0v) is 18.4. The second-order valence-corrected chi connectivity index (χ2v) is 8.10. The van der Waals surface area contributed by atoms with Crippen molar-refractivity contribution in [1.29, 1.82) is 0 Å². The highest BCUT2D eigenvalue weighted by atomic mass is 32.2. The van der Waals surface area contributed by atoms with Gasteiger partial charge in [0.2, 0.25) is 0 Å². The van der Waals surface area contributed by atoms with Gasteiger partial charge in [0, 0.05) is 31.4 Å². The van der Waals surface area contributed by atoms with E-state index in [0.717, 1.165) is 12.5 Å².